The highest BCUT2D eigenvalue weighted by Crippen LogP contribution is 2.54. The normalized spacial score (nSPS) is 18.2. The van der Waals surface area contributed by atoms with Crippen LogP contribution in [0.2, 0.25) is 0 Å². The first kappa shape index (κ1) is 26.7. The molecular formula is C27H29FN4O6S. The fraction of sp³-hybridized carbons (Fsp3) is 0.370. The third-order valence-corrected chi connectivity index (χ3v) is 8.39. The van der Waals surface area contributed by atoms with Gasteiger partial charge in [-0.1, -0.05) is 6.42 Å². The second kappa shape index (κ2) is 9.37. The predicted octanol–water partition coefficient (Wildman–Crippen LogP) is 4.46. The zero-order valence-corrected chi connectivity index (χ0v) is 22.6. The molecule has 0 unspecified atom stereocenters. The third-order valence-electron chi connectivity index (χ3n) is 6.99. The van der Waals surface area contributed by atoms with E-state index in [0.717, 1.165) is 35.6 Å². The van der Waals surface area contributed by atoms with Crippen LogP contribution in [0.25, 0.3) is 0 Å². The van der Waals surface area contributed by atoms with Gasteiger partial charge in [-0.25, -0.2) is 22.5 Å². The molecule has 2 heterocycles. The predicted molar refractivity (Wildman–Crippen MR) is 142 cm³/mol. The van der Waals surface area contributed by atoms with Crippen molar-refractivity contribution >= 4 is 45.0 Å². The molecule has 206 valence electrons. The summed E-state index contributed by atoms with van der Waals surface area (Å²) in [4.78, 5) is 39.0. The SMILES string of the molecule is CC(C)(C)OC(=O)N1CCC(Nc2cc(NS(=O)(=O)c3ccc(F)cc3)cc3c2NC(=O)C32CCC2)=CC1=O. The van der Waals surface area contributed by atoms with Crippen LogP contribution in [-0.4, -0.2) is 43.4 Å². The van der Waals surface area contributed by atoms with Crippen molar-refractivity contribution in [1.29, 1.82) is 0 Å². The smallest absolute Gasteiger partial charge is 0.417 e. The highest BCUT2D eigenvalue weighted by atomic mass is 32.2. The lowest BCUT2D eigenvalue weighted by Crippen LogP contribution is -2.43. The van der Waals surface area contributed by atoms with Gasteiger partial charge in [0.25, 0.3) is 15.9 Å². The van der Waals surface area contributed by atoms with Gasteiger partial charge in [-0.05, 0) is 75.6 Å². The zero-order valence-electron chi connectivity index (χ0n) is 21.8. The van der Waals surface area contributed by atoms with Gasteiger partial charge in [0, 0.05) is 24.7 Å². The van der Waals surface area contributed by atoms with Gasteiger partial charge < -0.3 is 15.4 Å². The number of imide groups is 1. The van der Waals surface area contributed by atoms with Gasteiger partial charge in [0.2, 0.25) is 5.91 Å². The van der Waals surface area contributed by atoms with Crippen molar-refractivity contribution in [3.05, 3.63) is 59.6 Å². The number of halogens is 1. The number of nitrogens with one attached hydrogen (secondary N) is 3. The van der Waals surface area contributed by atoms with Crippen molar-refractivity contribution in [2.24, 2.45) is 0 Å². The fourth-order valence-electron chi connectivity index (χ4n) is 4.93. The number of hydrogen-bond acceptors (Lipinski definition) is 7. The Morgan fingerprint density at radius 3 is 2.41 bits per heavy atom. The van der Waals surface area contributed by atoms with E-state index in [1.807, 2.05) is 0 Å². The van der Waals surface area contributed by atoms with Gasteiger partial charge in [-0.15, -0.1) is 0 Å². The van der Waals surface area contributed by atoms with Crippen LogP contribution in [0.4, 0.5) is 26.2 Å². The Morgan fingerprint density at radius 1 is 1.13 bits per heavy atom. The molecule has 1 aliphatic carbocycles. The van der Waals surface area contributed by atoms with Crippen LogP contribution in [0, 0.1) is 5.82 Å². The lowest BCUT2D eigenvalue weighted by atomic mass is 9.65. The number of rotatable bonds is 5. The minimum absolute atomic E-state index is 0.0853. The first-order valence-corrected chi connectivity index (χ1v) is 14.1. The monoisotopic (exact) mass is 556 g/mol. The summed E-state index contributed by atoms with van der Waals surface area (Å²) >= 11 is 0. The molecule has 5 rings (SSSR count). The largest absolute Gasteiger partial charge is 0.443 e. The number of benzene rings is 2. The summed E-state index contributed by atoms with van der Waals surface area (Å²) in [5.41, 5.74) is 0.799. The Kier molecular flexibility index (Phi) is 6.41. The van der Waals surface area contributed by atoms with Crippen molar-refractivity contribution in [2.75, 3.05) is 21.9 Å². The van der Waals surface area contributed by atoms with E-state index in [4.69, 9.17) is 4.74 Å². The minimum atomic E-state index is -4.05. The lowest BCUT2D eigenvalue weighted by molar-refractivity contribution is -0.126. The first-order chi connectivity index (χ1) is 18.3. The molecular weight excluding hydrogens is 527 g/mol. The maximum atomic E-state index is 13.3. The Bertz CT molecular complexity index is 1510. The summed E-state index contributed by atoms with van der Waals surface area (Å²) in [5.74, 6) is -1.27. The Hall–Kier alpha value is -3.93. The summed E-state index contributed by atoms with van der Waals surface area (Å²) in [6.07, 6.45) is 2.97. The van der Waals surface area contributed by atoms with E-state index < -0.39 is 38.9 Å². The highest BCUT2D eigenvalue weighted by molar-refractivity contribution is 7.92. The average Bonchev–Trinajstić information content (AvgIpc) is 3.10. The summed E-state index contributed by atoms with van der Waals surface area (Å²) in [5, 5.41) is 6.08. The second-order valence-corrected chi connectivity index (χ2v) is 12.6. The van der Waals surface area contributed by atoms with Crippen LogP contribution in [0.3, 0.4) is 0 Å². The molecule has 3 N–H and O–H groups in total. The van der Waals surface area contributed by atoms with Crippen molar-refractivity contribution in [2.45, 2.75) is 62.4 Å². The molecule has 2 aromatic rings. The topological polar surface area (TPSA) is 134 Å². The Morgan fingerprint density at radius 2 is 1.82 bits per heavy atom. The summed E-state index contributed by atoms with van der Waals surface area (Å²) in [6, 6.07) is 7.62. The fourth-order valence-corrected chi connectivity index (χ4v) is 5.97. The molecule has 12 heteroatoms. The van der Waals surface area contributed by atoms with Crippen molar-refractivity contribution in [3.8, 4) is 0 Å². The summed E-state index contributed by atoms with van der Waals surface area (Å²) in [6.45, 7) is 5.22. The molecule has 39 heavy (non-hydrogen) atoms. The number of ether oxygens (including phenoxy) is 1. The second-order valence-electron chi connectivity index (χ2n) is 10.9. The molecule has 3 aliphatic rings. The molecule has 1 spiro atoms. The molecule has 0 atom stereocenters. The maximum absolute atomic E-state index is 13.3. The molecule has 1 saturated carbocycles. The number of hydrogen-bond donors (Lipinski definition) is 3. The Labute approximate surface area is 225 Å². The van der Waals surface area contributed by atoms with Crippen LogP contribution in [0.15, 0.2) is 53.1 Å². The van der Waals surface area contributed by atoms with Crippen LogP contribution < -0.4 is 15.4 Å². The van der Waals surface area contributed by atoms with Gasteiger partial charge in [0.05, 0.1) is 27.4 Å². The quantitative estimate of drug-likeness (QED) is 0.495. The minimum Gasteiger partial charge on any atom is -0.443 e. The molecule has 0 bridgehead atoms. The van der Waals surface area contributed by atoms with Gasteiger partial charge in [-0.2, -0.15) is 0 Å². The van der Waals surface area contributed by atoms with E-state index in [1.165, 1.54) is 12.1 Å². The van der Waals surface area contributed by atoms with Crippen molar-refractivity contribution in [1.82, 2.24) is 4.90 Å². The number of sulfonamides is 1. The van der Waals surface area contributed by atoms with E-state index in [0.29, 0.717) is 41.9 Å². The van der Waals surface area contributed by atoms with Crippen LogP contribution in [0.5, 0.6) is 0 Å². The van der Waals surface area contributed by atoms with E-state index in [-0.39, 0.29) is 23.0 Å². The molecule has 2 aliphatic heterocycles. The third kappa shape index (κ3) is 5.08. The zero-order chi connectivity index (χ0) is 28.2. The van der Waals surface area contributed by atoms with Gasteiger partial charge in [-0.3, -0.25) is 14.3 Å². The number of carbonyl (C=O) groups is 3. The van der Waals surface area contributed by atoms with E-state index >= 15 is 0 Å². The first-order valence-electron chi connectivity index (χ1n) is 12.6. The summed E-state index contributed by atoms with van der Waals surface area (Å²) < 4.78 is 47.2. The van der Waals surface area contributed by atoms with Crippen LogP contribution in [0.1, 0.15) is 52.0 Å². The number of carbonyl (C=O) groups excluding carboxylic acids is 3. The molecule has 2 aromatic carbocycles. The van der Waals surface area contributed by atoms with Crippen LogP contribution in [-0.2, 0) is 29.8 Å². The van der Waals surface area contributed by atoms with Gasteiger partial charge >= 0.3 is 6.09 Å². The van der Waals surface area contributed by atoms with E-state index in [2.05, 4.69) is 15.4 Å². The molecule has 1 fully saturated rings. The number of anilines is 3. The molecule has 0 aromatic heterocycles. The number of amides is 3. The maximum Gasteiger partial charge on any atom is 0.417 e. The molecule has 0 saturated heterocycles. The number of fused-ring (bicyclic) bond motifs is 2. The van der Waals surface area contributed by atoms with E-state index in [1.54, 1.807) is 26.8 Å². The number of nitrogens with zero attached hydrogens (tertiary/aromatic N) is 1. The Balaban J connectivity index is 1.46. The standard InChI is InChI=1S/C27H29FN4O6S/c1-26(2,3)38-25(35)32-12-9-17(15-22(32)33)29-21-14-18(31-39(36,37)19-7-5-16(28)6-8-19)13-20-23(21)30-24(34)27(20)10-4-11-27/h5-8,13-15,29,31H,4,9-12H2,1-3H3,(H,30,34). The molecule has 0 radical (unpaired) electrons. The van der Waals surface area contributed by atoms with Crippen molar-refractivity contribution < 1.29 is 31.9 Å². The van der Waals surface area contributed by atoms with Gasteiger partial charge in [0.15, 0.2) is 0 Å². The molecule has 10 nitrogen and oxygen atoms in total. The average molecular weight is 557 g/mol. The van der Waals surface area contributed by atoms with Gasteiger partial charge in [0.1, 0.15) is 11.4 Å². The van der Waals surface area contributed by atoms with Crippen LogP contribution >= 0.6 is 0 Å². The molecule has 3 amide bonds. The van der Waals surface area contributed by atoms with E-state index in [9.17, 15) is 27.2 Å². The highest BCUT2D eigenvalue weighted by Gasteiger charge is 2.52. The summed E-state index contributed by atoms with van der Waals surface area (Å²) in [7, 11) is -4.05. The van der Waals surface area contributed by atoms with Crippen molar-refractivity contribution in [3.63, 3.8) is 0 Å². The lowest BCUT2D eigenvalue weighted by Gasteiger charge is -2.36.